The van der Waals surface area contributed by atoms with Gasteiger partial charge in [0, 0.05) is 16.7 Å². The van der Waals surface area contributed by atoms with Crippen molar-refractivity contribution in [2.75, 3.05) is 12.8 Å². The molecule has 0 bridgehead atoms. The van der Waals surface area contributed by atoms with Crippen LogP contribution in [0, 0.1) is 11.7 Å². The van der Waals surface area contributed by atoms with Crippen LogP contribution in [-0.2, 0) is 0 Å². The molecule has 0 amide bonds. The van der Waals surface area contributed by atoms with E-state index in [1.165, 1.54) is 0 Å². The Balaban J connectivity index is 2.75. The summed E-state index contributed by atoms with van der Waals surface area (Å²) in [5, 5.41) is 3.10. The maximum Gasteiger partial charge on any atom is 0.137 e. The van der Waals surface area contributed by atoms with Crippen LogP contribution in [0.4, 0.5) is 4.39 Å². The molecule has 0 aliphatic carbocycles. The summed E-state index contributed by atoms with van der Waals surface area (Å²) in [4.78, 5) is 0.751. The highest BCUT2D eigenvalue weighted by Gasteiger charge is 2.08. The molecule has 1 nitrogen and oxygen atoms in total. The number of hydrogen-bond donors (Lipinski definition) is 1. The van der Waals surface area contributed by atoms with Gasteiger partial charge in [-0.2, -0.15) is 0 Å². The Labute approximate surface area is 102 Å². The summed E-state index contributed by atoms with van der Waals surface area (Å²) in [5.74, 6) is 1.43. The van der Waals surface area contributed by atoms with Crippen molar-refractivity contribution >= 4 is 11.8 Å². The molecule has 0 saturated carbocycles. The molecule has 0 aliphatic heterocycles. The molecule has 1 N–H and O–H groups in total. The predicted octanol–water partition coefficient (Wildman–Crippen LogP) is 3.85. The number of nitrogens with one attached hydrogen (secondary N) is 1. The number of benzene rings is 1. The van der Waals surface area contributed by atoms with E-state index in [1.54, 1.807) is 17.8 Å². The lowest BCUT2D eigenvalue weighted by Gasteiger charge is -2.12. The first-order valence-corrected chi connectivity index (χ1v) is 6.62. The predicted molar refractivity (Wildman–Crippen MR) is 69.4 cm³/mol. The first-order valence-electron chi connectivity index (χ1n) is 5.64. The maximum atomic E-state index is 13.7. The van der Waals surface area contributed by atoms with Gasteiger partial charge in [-0.15, -0.1) is 11.8 Å². The lowest BCUT2D eigenvalue weighted by atomic mass is 10.1. The van der Waals surface area contributed by atoms with Gasteiger partial charge in [-0.05, 0) is 37.6 Å². The zero-order valence-electron chi connectivity index (χ0n) is 10.4. The number of hydrogen-bond acceptors (Lipinski definition) is 2. The van der Waals surface area contributed by atoms with Crippen molar-refractivity contribution in [1.82, 2.24) is 5.32 Å². The van der Waals surface area contributed by atoms with E-state index in [0.29, 0.717) is 5.92 Å². The monoisotopic (exact) mass is 241 g/mol. The Kier molecular flexibility index (Phi) is 5.29. The van der Waals surface area contributed by atoms with E-state index in [-0.39, 0.29) is 11.9 Å². The first kappa shape index (κ1) is 13.5. The van der Waals surface area contributed by atoms with Gasteiger partial charge in [0.25, 0.3) is 0 Å². The zero-order chi connectivity index (χ0) is 12.1. The van der Waals surface area contributed by atoms with Crippen LogP contribution in [0.15, 0.2) is 23.1 Å². The average molecular weight is 241 g/mol. The van der Waals surface area contributed by atoms with Crippen LogP contribution in [0.5, 0.6) is 0 Å². The summed E-state index contributed by atoms with van der Waals surface area (Å²) < 4.78 is 13.7. The standard InChI is InChI=1S/C13H20FNS/c1-9(2)8-16-13-6-5-11(7-12(13)14)10(3)15-4/h5-7,9-10,15H,8H2,1-4H3. The van der Waals surface area contributed by atoms with Gasteiger partial charge in [0.05, 0.1) is 0 Å². The lowest BCUT2D eigenvalue weighted by molar-refractivity contribution is 0.587. The quantitative estimate of drug-likeness (QED) is 0.786. The summed E-state index contributed by atoms with van der Waals surface area (Å²) in [6.07, 6.45) is 0. The summed E-state index contributed by atoms with van der Waals surface area (Å²) in [7, 11) is 1.88. The van der Waals surface area contributed by atoms with Gasteiger partial charge in [-0.1, -0.05) is 19.9 Å². The molecule has 3 heteroatoms. The minimum absolute atomic E-state index is 0.106. The van der Waals surface area contributed by atoms with Gasteiger partial charge < -0.3 is 5.32 Å². The molecule has 0 aromatic heterocycles. The number of thioether (sulfide) groups is 1. The van der Waals surface area contributed by atoms with Crippen molar-refractivity contribution in [3.05, 3.63) is 29.6 Å². The molecule has 90 valence electrons. The molecule has 0 aliphatic rings. The maximum absolute atomic E-state index is 13.7. The molecule has 1 aromatic carbocycles. The van der Waals surface area contributed by atoms with Gasteiger partial charge >= 0.3 is 0 Å². The first-order chi connectivity index (χ1) is 7.54. The van der Waals surface area contributed by atoms with Gasteiger partial charge in [0.1, 0.15) is 5.82 Å². The van der Waals surface area contributed by atoms with E-state index in [9.17, 15) is 4.39 Å². The molecule has 16 heavy (non-hydrogen) atoms. The zero-order valence-corrected chi connectivity index (χ0v) is 11.2. The van der Waals surface area contributed by atoms with Crippen LogP contribution < -0.4 is 5.32 Å². The number of halogens is 1. The molecule has 1 atom stereocenters. The van der Waals surface area contributed by atoms with E-state index >= 15 is 0 Å². The van der Waals surface area contributed by atoms with Gasteiger partial charge in [-0.25, -0.2) is 4.39 Å². The van der Waals surface area contributed by atoms with Crippen LogP contribution in [-0.4, -0.2) is 12.8 Å². The fourth-order valence-corrected chi connectivity index (χ4v) is 2.20. The fourth-order valence-electron chi connectivity index (χ4n) is 1.33. The van der Waals surface area contributed by atoms with Gasteiger partial charge in [0.15, 0.2) is 0 Å². The topological polar surface area (TPSA) is 12.0 Å². The Morgan fingerprint density at radius 3 is 2.50 bits per heavy atom. The highest BCUT2D eigenvalue weighted by atomic mass is 32.2. The molecule has 1 aromatic rings. The third kappa shape index (κ3) is 3.80. The lowest BCUT2D eigenvalue weighted by Crippen LogP contribution is -2.12. The van der Waals surface area contributed by atoms with E-state index < -0.39 is 0 Å². The second kappa shape index (κ2) is 6.26. The molecule has 0 radical (unpaired) electrons. The summed E-state index contributed by atoms with van der Waals surface area (Å²) in [6.45, 7) is 6.31. The Hall–Kier alpha value is -0.540. The van der Waals surface area contributed by atoms with Gasteiger partial charge in [0.2, 0.25) is 0 Å². The van der Waals surface area contributed by atoms with Crippen LogP contribution in [0.25, 0.3) is 0 Å². The molecule has 0 heterocycles. The molecule has 0 fully saturated rings. The average Bonchev–Trinajstić information content (AvgIpc) is 2.26. The third-order valence-corrected chi connectivity index (χ3v) is 3.94. The van der Waals surface area contributed by atoms with Crippen LogP contribution in [0.1, 0.15) is 32.4 Å². The fraction of sp³-hybridized carbons (Fsp3) is 0.538. The van der Waals surface area contributed by atoms with Crippen molar-refractivity contribution in [3.63, 3.8) is 0 Å². The second-order valence-corrected chi connectivity index (χ2v) is 5.47. The Morgan fingerprint density at radius 1 is 1.31 bits per heavy atom. The van der Waals surface area contributed by atoms with Crippen molar-refractivity contribution in [1.29, 1.82) is 0 Å². The summed E-state index contributed by atoms with van der Waals surface area (Å²) in [5.41, 5.74) is 0.994. The van der Waals surface area contributed by atoms with Crippen LogP contribution in [0.3, 0.4) is 0 Å². The van der Waals surface area contributed by atoms with Crippen LogP contribution in [0.2, 0.25) is 0 Å². The molecule has 0 saturated heterocycles. The normalized spacial score (nSPS) is 13.1. The van der Waals surface area contributed by atoms with E-state index in [2.05, 4.69) is 19.2 Å². The Morgan fingerprint density at radius 2 is 2.00 bits per heavy atom. The summed E-state index contributed by atoms with van der Waals surface area (Å²) in [6, 6.07) is 5.70. The smallest absolute Gasteiger partial charge is 0.137 e. The molecule has 1 unspecified atom stereocenters. The highest BCUT2D eigenvalue weighted by Crippen LogP contribution is 2.26. The minimum Gasteiger partial charge on any atom is -0.313 e. The molecule has 0 spiro atoms. The minimum atomic E-state index is -0.106. The third-order valence-electron chi connectivity index (χ3n) is 2.46. The molecular formula is C13H20FNS. The highest BCUT2D eigenvalue weighted by molar-refractivity contribution is 7.99. The number of rotatable bonds is 5. The second-order valence-electron chi connectivity index (χ2n) is 4.41. The van der Waals surface area contributed by atoms with Crippen LogP contribution >= 0.6 is 11.8 Å². The molecule has 1 rings (SSSR count). The van der Waals surface area contributed by atoms with Crippen molar-refractivity contribution in [3.8, 4) is 0 Å². The van der Waals surface area contributed by atoms with Crippen molar-refractivity contribution in [2.24, 2.45) is 5.92 Å². The Bertz CT molecular complexity index is 339. The summed E-state index contributed by atoms with van der Waals surface area (Å²) >= 11 is 1.59. The van der Waals surface area contributed by atoms with E-state index in [4.69, 9.17) is 0 Å². The van der Waals surface area contributed by atoms with Crippen molar-refractivity contribution in [2.45, 2.75) is 31.7 Å². The van der Waals surface area contributed by atoms with Crippen molar-refractivity contribution < 1.29 is 4.39 Å². The van der Waals surface area contributed by atoms with E-state index in [1.807, 2.05) is 26.1 Å². The van der Waals surface area contributed by atoms with E-state index in [0.717, 1.165) is 16.2 Å². The van der Waals surface area contributed by atoms with Gasteiger partial charge in [-0.3, -0.25) is 0 Å². The largest absolute Gasteiger partial charge is 0.313 e. The SMILES string of the molecule is CNC(C)c1ccc(SCC(C)C)c(F)c1. The molecular weight excluding hydrogens is 221 g/mol.